The third-order valence-electron chi connectivity index (χ3n) is 2.23. The van der Waals surface area contributed by atoms with E-state index in [4.69, 9.17) is 9.84 Å². The van der Waals surface area contributed by atoms with Crippen molar-refractivity contribution in [3.63, 3.8) is 0 Å². The van der Waals surface area contributed by atoms with E-state index in [1.54, 1.807) is 12.1 Å². The Labute approximate surface area is 119 Å². The van der Waals surface area contributed by atoms with Crippen LogP contribution < -0.4 is 10.1 Å². The first-order chi connectivity index (χ1) is 9.99. The number of carbonyl (C=O) groups is 2. The SMILES string of the molecule is O=C(O)COc1ccccc1NC(=O)CCOCC(F)F. The van der Waals surface area contributed by atoms with Crippen LogP contribution in [0.5, 0.6) is 5.75 Å². The van der Waals surface area contributed by atoms with Crippen LogP contribution in [0, 0.1) is 0 Å². The number of nitrogens with one attached hydrogen (secondary N) is 1. The number of amides is 1. The third kappa shape index (κ3) is 7.21. The first-order valence-corrected chi connectivity index (χ1v) is 6.08. The topological polar surface area (TPSA) is 84.9 Å². The molecular formula is C13H15F2NO5. The van der Waals surface area contributed by atoms with Gasteiger partial charge in [-0.2, -0.15) is 0 Å². The van der Waals surface area contributed by atoms with Gasteiger partial charge in [0, 0.05) is 0 Å². The van der Waals surface area contributed by atoms with Crippen LogP contribution in [0.2, 0.25) is 0 Å². The molecule has 0 aliphatic carbocycles. The monoisotopic (exact) mass is 303 g/mol. The van der Waals surface area contributed by atoms with Crippen molar-refractivity contribution in [3.8, 4) is 5.75 Å². The van der Waals surface area contributed by atoms with Crippen LogP contribution in [-0.2, 0) is 14.3 Å². The standard InChI is InChI=1S/C13H15F2NO5/c14-11(15)7-20-6-5-12(17)16-9-3-1-2-4-10(9)21-8-13(18)19/h1-4,11H,5-8H2,(H,16,17)(H,18,19). The summed E-state index contributed by atoms with van der Waals surface area (Å²) in [5.41, 5.74) is 0.303. The molecule has 1 amide bonds. The van der Waals surface area contributed by atoms with Crippen LogP contribution >= 0.6 is 0 Å². The third-order valence-corrected chi connectivity index (χ3v) is 2.23. The van der Waals surface area contributed by atoms with Gasteiger partial charge in [0.05, 0.1) is 18.7 Å². The van der Waals surface area contributed by atoms with Crippen LogP contribution in [0.4, 0.5) is 14.5 Å². The fourth-order valence-corrected chi connectivity index (χ4v) is 1.39. The second-order valence-electron chi connectivity index (χ2n) is 3.94. The molecular weight excluding hydrogens is 288 g/mol. The molecule has 0 aliphatic rings. The molecule has 2 N–H and O–H groups in total. The highest BCUT2D eigenvalue weighted by molar-refractivity contribution is 5.92. The molecule has 1 rings (SSSR count). The maximum Gasteiger partial charge on any atom is 0.341 e. The summed E-state index contributed by atoms with van der Waals surface area (Å²) < 4.78 is 33.2. The van der Waals surface area contributed by atoms with Crippen LogP contribution in [0.15, 0.2) is 24.3 Å². The number of anilines is 1. The summed E-state index contributed by atoms with van der Waals surface area (Å²) in [4.78, 5) is 22.0. The first-order valence-electron chi connectivity index (χ1n) is 6.08. The second-order valence-corrected chi connectivity index (χ2v) is 3.94. The molecule has 0 spiro atoms. The molecule has 8 heteroatoms. The van der Waals surface area contributed by atoms with Gasteiger partial charge in [0.25, 0.3) is 6.43 Å². The van der Waals surface area contributed by atoms with Crippen LogP contribution in [-0.4, -0.2) is 43.2 Å². The van der Waals surface area contributed by atoms with Gasteiger partial charge in [0.15, 0.2) is 6.61 Å². The lowest BCUT2D eigenvalue weighted by molar-refractivity contribution is -0.139. The van der Waals surface area contributed by atoms with Crippen molar-refractivity contribution >= 4 is 17.6 Å². The number of hydrogen-bond donors (Lipinski definition) is 2. The van der Waals surface area contributed by atoms with E-state index in [2.05, 4.69) is 10.1 Å². The Bertz CT molecular complexity index is 481. The molecule has 1 aromatic rings. The average Bonchev–Trinajstić information content (AvgIpc) is 2.42. The van der Waals surface area contributed by atoms with Gasteiger partial charge in [-0.05, 0) is 12.1 Å². The summed E-state index contributed by atoms with van der Waals surface area (Å²) in [6, 6.07) is 6.30. The number of rotatable bonds is 9. The van der Waals surface area contributed by atoms with E-state index >= 15 is 0 Å². The molecule has 0 bridgehead atoms. The van der Waals surface area contributed by atoms with Crippen molar-refractivity contribution < 1.29 is 33.0 Å². The van der Waals surface area contributed by atoms with Crippen LogP contribution in [0.25, 0.3) is 0 Å². The highest BCUT2D eigenvalue weighted by Gasteiger charge is 2.09. The number of carbonyl (C=O) groups excluding carboxylic acids is 1. The minimum Gasteiger partial charge on any atom is -0.480 e. The quantitative estimate of drug-likeness (QED) is 0.679. The Hall–Kier alpha value is -2.22. The van der Waals surface area contributed by atoms with Gasteiger partial charge >= 0.3 is 5.97 Å². The number of carboxylic acid groups (broad SMARTS) is 1. The number of hydrogen-bond acceptors (Lipinski definition) is 4. The summed E-state index contributed by atoms with van der Waals surface area (Å²) in [5.74, 6) is -1.38. The molecule has 116 valence electrons. The Balaban J connectivity index is 2.46. The molecule has 0 radical (unpaired) electrons. The van der Waals surface area contributed by atoms with Crippen molar-refractivity contribution in [2.24, 2.45) is 0 Å². The summed E-state index contributed by atoms with van der Waals surface area (Å²) in [6.07, 6.45) is -2.67. The summed E-state index contributed by atoms with van der Waals surface area (Å²) in [7, 11) is 0. The lowest BCUT2D eigenvalue weighted by Gasteiger charge is -2.11. The van der Waals surface area contributed by atoms with Crippen LogP contribution in [0.3, 0.4) is 0 Å². The van der Waals surface area contributed by atoms with E-state index in [0.717, 1.165) is 0 Å². The van der Waals surface area contributed by atoms with E-state index < -0.39 is 31.5 Å². The zero-order valence-corrected chi connectivity index (χ0v) is 11.1. The lowest BCUT2D eigenvalue weighted by atomic mass is 10.3. The second kappa shape index (κ2) is 8.85. The zero-order chi connectivity index (χ0) is 15.7. The van der Waals surface area contributed by atoms with E-state index in [9.17, 15) is 18.4 Å². The smallest absolute Gasteiger partial charge is 0.341 e. The van der Waals surface area contributed by atoms with E-state index in [1.165, 1.54) is 12.1 Å². The van der Waals surface area contributed by atoms with Gasteiger partial charge in [-0.1, -0.05) is 12.1 Å². The predicted molar refractivity (Wildman–Crippen MR) is 69.6 cm³/mol. The van der Waals surface area contributed by atoms with Gasteiger partial charge in [0.1, 0.15) is 12.4 Å². The first kappa shape index (κ1) is 16.8. The van der Waals surface area contributed by atoms with Crippen LogP contribution in [0.1, 0.15) is 6.42 Å². The molecule has 0 unspecified atom stereocenters. The minimum absolute atomic E-state index is 0.0972. The number of aliphatic carboxylic acids is 1. The summed E-state index contributed by atoms with van der Waals surface area (Å²) >= 11 is 0. The van der Waals surface area contributed by atoms with Gasteiger partial charge < -0.3 is 19.9 Å². The predicted octanol–water partition coefficient (Wildman–Crippen LogP) is 1.76. The molecule has 1 aromatic carbocycles. The number of alkyl halides is 2. The molecule has 0 aliphatic heterocycles. The van der Waals surface area contributed by atoms with E-state index in [0.29, 0.717) is 5.69 Å². The lowest BCUT2D eigenvalue weighted by Crippen LogP contribution is -2.17. The molecule has 0 saturated heterocycles. The van der Waals surface area contributed by atoms with Gasteiger partial charge in [-0.3, -0.25) is 4.79 Å². The van der Waals surface area contributed by atoms with Crippen molar-refractivity contribution in [2.75, 3.05) is 25.1 Å². The minimum atomic E-state index is -2.57. The molecule has 21 heavy (non-hydrogen) atoms. The molecule has 0 saturated carbocycles. The largest absolute Gasteiger partial charge is 0.480 e. The zero-order valence-electron chi connectivity index (χ0n) is 11.1. The number of para-hydroxylation sites is 2. The Morgan fingerprint density at radius 3 is 2.67 bits per heavy atom. The van der Waals surface area contributed by atoms with Crippen molar-refractivity contribution in [3.05, 3.63) is 24.3 Å². The fourth-order valence-electron chi connectivity index (χ4n) is 1.39. The fraction of sp³-hybridized carbons (Fsp3) is 0.385. The molecule has 0 fully saturated rings. The number of ether oxygens (including phenoxy) is 2. The highest BCUT2D eigenvalue weighted by atomic mass is 19.3. The number of halogens is 2. The number of benzene rings is 1. The normalized spacial score (nSPS) is 10.4. The Morgan fingerprint density at radius 2 is 2.00 bits per heavy atom. The molecule has 0 aromatic heterocycles. The maximum atomic E-state index is 11.8. The summed E-state index contributed by atoms with van der Waals surface area (Å²) in [5, 5.41) is 11.0. The maximum absolute atomic E-state index is 11.8. The van der Waals surface area contributed by atoms with Gasteiger partial charge in [-0.25, -0.2) is 13.6 Å². The van der Waals surface area contributed by atoms with Gasteiger partial charge in [0.2, 0.25) is 5.91 Å². The Morgan fingerprint density at radius 1 is 1.29 bits per heavy atom. The van der Waals surface area contributed by atoms with Crippen molar-refractivity contribution in [1.29, 1.82) is 0 Å². The molecule has 0 atom stereocenters. The molecule has 0 heterocycles. The average molecular weight is 303 g/mol. The summed E-state index contributed by atoms with van der Waals surface area (Å²) in [6.45, 7) is -1.38. The van der Waals surface area contributed by atoms with E-state index in [-0.39, 0.29) is 18.8 Å². The van der Waals surface area contributed by atoms with E-state index in [1.807, 2.05) is 0 Å². The van der Waals surface area contributed by atoms with Crippen molar-refractivity contribution in [2.45, 2.75) is 12.8 Å². The highest BCUT2D eigenvalue weighted by Crippen LogP contribution is 2.23. The number of carboxylic acids is 1. The van der Waals surface area contributed by atoms with Crippen molar-refractivity contribution in [1.82, 2.24) is 0 Å². The van der Waals surface area contributed by atoms with Gasteiger partial charge in [-0.15, -0.1) is 0 Å². The molecule has 6 nitrogen and oxygen atoms in total. The Kier molecular flexibility index (Phi) is 7.10.